The average molecular weight is 317 g/mol. The fourth-order valence-corrected chi connectivity index (χ4v) is 3.02. The number of nitrogens with one attached hydrogen (secondary N) is 1. The Morgan fingerprint density at radius 3 is 2.77 bits per heavy atom. The normalized spacial score (nSPS) is 10.6. The van der Waals surface area contributed by atoms with Crippen LogP contribution in [0.5, 0.6) is 0 Å². The van der Waals surface area contributed by atoms with Crippen molar-refractivity contribution in [1.29, 1.82) is 0 Å². The molecular formula is C17H23N3OS. The molecule has 0 atom stereocenters. The molecule has 0 radical (unpaired) electrons. The summed E-state index contributed by atoms with van der Waals surface area (Å²) in [4.78, 5) is 12.1. The highest BCUT2D eigenvalue weighted by molar-refractivity contribution is 7.15. The molecule has 0 saturated heterocycles. The summed E-state index contributed by atoms with van der Waals surface area (Å²) in [6.07, 6.45) is 7.16. The summed E-state index contributed by atoms with van der Waals surface area (Å²) in [5.74, 6) is -0.130. The van der Waals surface area contributed by atoms with Crippen LogP contribution in [-0.4, -0.2) is 16.1 Å². The van der Waals surface area contributed by atoms with Gasteiger partial charge in [0.15, 0.2) is 0 Å². The van der Waals surface area contributed by atoms with Crippen molar-refractivity contribution in [3.8, 4) is 0 Å². The maximum absolute atomic E-state index is 12.1. The van der Waals surface area contributed by atoms with Gasteiger partial charge in [0, 0.05) is 12.0 Å². The van der Waals surface area contributed by atoms with E-state index >= 15 is 0 Å². The number of carbonyl (C=O) groups excluding carboxylic acids is 1. The lowest BCUT2D eigenvalue weighted by molar-refractivity contribution is 0.102. The van der Waals surface area contributed by atoms with Gasteiger partial charge in [-0.25, -0.2) is 0 Å². The molecule has 0 saturated carbocycles. The van der Waals surface area contributed by atoms with E-state index < -0.39 is 0 Å². The van der Waals surface area contributed by atoms with E-state index in [4.69, 9.17) is 0 Å². The third kappa shape index (κ3) is 5.22. The number of anilines is 1. The van der Waals surface area contributed by atoms with Crippen molar-refractivity contribution >= 4 is 22.4 Å². The van der Waals surface area contributed by atoms with Crippen molar-refractivity contribution in [3.05, 3.63) is 40.4 Å². The zero-order valence-electron chi connectivity index (χ0n) is 13.3. The molecule has 1 aromatic heterocycles. The lowest BCUT2D eigenvalue weighted by Crippen LogP contribution is -2.11. The number of nitrogens with zero attached hydrogens (tertiary/aromatic N) is 2. The second-order valence-electron chi connectivity index (χ2n) is 5.49. The number of hydrogen-bond donors (Lipinski definition) is 1. The Morgan fingerprint density at radius 2 is 2.00 bits per heavy atom. The molecule has 0 unspecified atom stereocenters. The molecule has 0 aliphatic carbocycles. The monoisotopic (exact) mass is 317 g/mol. The highest BCUT2D eigenvalue weighted by Crippen LogP contribution is 2.19. The van der Waals surface area contributed by atoms with Crippen LogP contribution in [0.4, 0.5) is 5.13 Å². The van der Waals surface area contributed by atoms with Crippen molar-refractivity contribution in [3.63, 3.8) is 0 Å². The number of rotatable bonds is 8. The summed E-state index contributed by atoms with van der Waals surface area (Å²) >= 11 is 1.47. The van der Waals surface area contributed by atoms with Crippen LogP contribution in [0.3, 0.4) is 0 Å². The maximum atomic E-state index is 12.1. The van der Waals surface area contributed by atoms with Crippen molar-refractivity contribution in [2.45, 2.75) is 52.4 Å². The minimum absolute atomic E-state index is 0.130. The fraction of sp³-hybridized carbons (Fsp3) is 0.471. The number of amides is 1. The smallest absolute Gasteiger partial charge is 0.257 e. The van der Waals surface area contributed by atoms with Gasteiger partial charge < -0.3 is 0 Å². The molecule has 0 bridgehead atoms. The van der Waals surface area contributed by atoms with Gasteiger partial charge in [-0.2, -0.15) is 0 Å². The molecule has 0 aliphatic rings. The Balaban J connectivity index is 1.82. The average Bonchev–Trinajstić information content (AvgIpc) is 2.94. The van der Waals surface area contributed by atoms with Gasteiger partial charge in [0.2, 0.25) is 5.13 Å². The third-order valence-corrected chi connectivity index (χ3v) is 4.36. The van der Waals surface area contributed by atoms with E-state index in [0.29, 0.717) is 10.7 Å². The number of hydrogen-bond acceptors (Lipinski definition) is 4. The van der Waals surface area contributed by atoms with Gasteiger partial charge in [-0.15, -0.1) is 10.2 Å². The van der Waals surface area contributed by atoms with E-state index in [-0.39, 0.29) is 5.91 Å². The van der Waals surface area contributed by atoms with Crippen LogP contribution in [0.25, 0.3) is 0 Å². The van der Waals surface area contributed by atoms with Crippen molar-refractivity contribution in [2.24, 2.45) is 0 Å². The summed E-state index contributed by atoms with van der Waals surface area (Å²) in [6.45, 7) is 4.19. The number of unbranched alkanes of at least 4 members (excludes halogenated alkanes) is 4. The lowest BCUT2D eigenvalue weighted by Gasteiger charge is -2.01. The first kappa shape index (κ1) is 16.6. The van der Waals surface area contributed by atoms with Gasteiger partial charge in [-0.3, -0.25) is 10.1 Å². The van der Waals surface area contributed by atoms with E-state index in [0.717, 1.165) is 23.4 Å². The summed E-state index contributed by atoms with van der Waals surface area (Å²) < 4.78 is 0. The Kier molecular flexibility index (Phi) is 6.52. The van der Waals surface area contributed by atoms with E-state index in [1.807, 2.05) is 25.1 Å². The molecule has 22 heavy (non-hydrogen) atoms. The molecular weight excluding hydrogens is 294 g/mol. The van der Waals surface area contributed by atoms with Crippen molar-refractivity contribution in [1.82, 2.24) is 10.2 Å². The standard InChI is InChI=1S/C17H23N3OS/c1-3-4-5-6-7-11-15-19-20-17(22-15)18-16(21)14-10-8-9-13(2)12-14/h8-10,12H,3-7,11H2,1-2H3,(H,18,20,21). The predicted molar refractivity (Wildman–Crippen MR) is 91.5 cm³/mol. The topological polar surface area (TPSA) is 54.9 Å². The predicted octanol–water partition coefficient (Wildman–Crippen LogP) is 4.61. The number of benzene rings is 1. The molecule has 0 fully saturated rings. The van der Waals surface area contributed by atoms with Gasteiger partial charge in [0.1, 0.15) is 5.01 Å². The SMILES string of the molecule is CCCCCCCc1nnc(NC(=O)c2cccc(C)c2)s1. The van der Waals surface area contributed by atoms with Crippen LogP contribution in [0.1, 0.15) is 60.0 Å². The molecule has 5 heteroatoms. The van der Waals surface area contributed by atoms with Gasteiger partial charge in [-0.1, -0.05) is 61.6 Å². The summed E-state index contributed by atoms with van der Waals surface area (Å²) in [6, 6.07) is 7.52. The van der Waals surface area contributed by atoms with Gasteiger partial charge in [-0.05, 0) is 25.5 Å². The maximum Gasteiger partial charge on any atom is 0.257 e. The number of carbonyl (C=O) groups is 1. The Morgan fingerprint density at radius 1 is 1.18 bits per heavy atom. The molecule has 4 nitrogen and oxygen atoms in total. The zero-order valence-corrected chi connectivity index (χ0v) is 14.1. The molecule has 1 amide bonds. The fourth-order valence-electron chi connectivity index (χ4n) is 2.24. The van der Waals surface area contributed by atoms with Gasteiger partial charge >= 0.3 is 0 Å². The van der Waals surface area contributed by atoms with E-state index in [9.17, 15) is 4.79 Å². The van der Waals surface area contributed by atoms with Gasteiger partial charge in [0.05, 0.1) is 0 Å². The Labute approximate surface area is 136 Å². The quantitative estimate of drug-likeness (QED) is 0.723. The first-order valence-corrected chi connectivity index (χ1v) is 8.71. The second-order valence-corrected chi connectivity index (χ2v) is 6.55. The first-order chi connectivity index (χ1) is 10.7. The van der Waals surface area contributed by atoms with E-state index in [1.165, 1.54) is 37.0 Å². The van der Waals surface area contributed by atoms with Crippen LogP contribution in [-0.2, 0) is 6.42 Å². The van der Waals surface area contributed by atoms with E-state index in [2.05, 4.69) is 22.4 Å². The Bertz CT molecular complexity index is 609. The molecule has 118 valence electrons. The molecule has 1 aromatic carbocycles. The van der Waals surface area contributed by atoms with Crippen LogP contribution >= 0.6 is 11.3 Å². The minimum Gasteiger partial charge on any atom is -0.296 e. The van der Waals surface area contributed by atoms with Crippen LogP contribution in [0.2, 0.25) is 0 Å². The molecule has 0 aliphatic heterocycles. The molecule has 0 spiro atoms. The Hall–Kier alpha value is -1.75. The second kappa shape index (κ2) is 8.63. The van der Waals surface area contributed by atoms with Crippen molar-refractivity contribution < 1.29 is 4.79 Å². The van der Waals surface area contributed by atoms with Crippen molar-refractivity contribution in [2.75, 3.05) is 5.32 Å². The molecule has 2 rings (SSSR count). The highest BCUT2D eigenvalue weighted by atomic mass is 32.1. The van der Waals surface area contributed by atoms with E-state index in [1.54, 1.807) is 6.07 Å². The lowest BCUT2D eigenvalue weighted by atomic mass is 10.1. The first-order valence-electron chi connectivity index (χ1n) is 7.89. The molecule has 1 N–H and O–H groups in total. The highest BCUT2D eigenvalue weighted by Gasteiger charge is 2.10. The van der Waals surface area contributed by atoms with Crippen LogP contribution in [0, 0.1) is 6.92 Å². The summed E-state index contributed by atoms with van der Waals surface area (Å²) in [5.41, 5.74) is 1.72. The summed E-state index contributed by atoms with van der Waals surface area (Å²) in [7, 11) is 0. The van der Waals surface area contributed by atoms with Gasteiger partial charge in [0.25, 0.3) is 5.91 Å². The van der Waals surface area contributed by atoms with Crippen LogP contribution in [0.15, 0.2) is 24.3 Å². The number of aromatic nitrogens is 2. The molecule has 1 heterocycles. The van der Waals surface area contributed by atoms with Crippen LogP contribution < -0.4 is 5.32 Å². The number of aryl methyl sites for hydroxylation is 2. The third-order valence-electron chi connectivity index (χ3n) is 3.46. The largest absolute Gasteiger partial charge is 0.296 e. The molecule has 2 aromatic rings. The zero-order chi connectivity index (χ0) is 15.8. The summed E-state index contributed by atoms with van der Waals surface area (Å²) in [5, 5.41) is 12.6. The minimum atomic E-state index is -0.130.